The number of carboxylic acid groups (broad SMARTS) is 1. The lowest BCUT2D eigenvalue weighted by Gasteiger charge is -2.17. The van der Waals surface area contributed by atoms with E-state index in [1.807, 2.05) is 32.0 Å². The molecule has 2 aromatic rings. The molecule has 0 saturated carbocycles. The summed E-state index contributed by atoms with van der Waals surface area (Å²) >= 11 is 0. The Kier molecular flexibility index (Phi) is 4.88. The Morgan fingerprint density at radius 3 is 2.27 bits per heavy atom. The summed E-state index contributed by atoms with van der Waals surface area (Å²) in [4.78, 5) is 27.4. The maximum Gasteiger partial charge on any atom is 0.326 e. The molecule has 2 N–H and O–H groups in total. The van der Waals surface area contributed by atoms with Crippen molar-refractivity contribution in [3.63, 3.8) is 0 Å². The van der Waals surface area contributed by atoms with Crippen LogP contribution in [0.25, 0.3) is 0 Å². The summed E-state index contributed by atoms with van der Waals surface area (Å²) in [6, 6.07) is 7.93. The summed E-state index contributed by atoms with van der Waals surface area (Å²) < 4.78 is 0. The lowest BCUT2D eigenvalue weighted by atomic mass is 9.96. The van der Waals surface area contributed by atoms with Gasteiger partial charge in [-0.3, -0.25) is 9.78 Å². The molecule has 1 amide bonds. The van der Waals surface area contributed by atoms with E-state index in [1.54, 1.807) is 12.1 Å². The molecule has 1 heterocycles. The molecule has 0 radical (unpaired) electrons. The number of hydrogen-bond donors (Lipinski definition) is 2. The van der Waals surface area contributed by atoms with Gasteiger partial charge in [0.05, 0.1) is 0 Å². The van der Waals surface area contributed by atoms with Gasteiger partial charge in [0, 0.05) is 24.4 Å². The van der Waals surface area contributed by atoms with Crippen molar-refractivity contribution in [3.05, 3.63) is 65.0 Å². The number of rotatable bonds is 5. The first-order chi connectivity index (χ1) is 10.5. The number of carbonyl (C=O) groups excluding carboxylic acids is 1. The number of aromatic nitrogens is 1. The Bertz CT molecular complexity index is 663. The van der Waals surface area contributed by atoms with Crippen LogP contribution in [0, 0.1) is 13.8 Å². The molecule has 2 rings (SSSR count). The molecule has 0 aliphatic rings. The predicted octanol–water partition coefficient (Wildman–Crippen LogP) is 2.12. The van der Waals surface area contributed by atoms with Gasteiger partial charge in [0.2, 0.25) is 0 Å². The van der Waals surface area contributed by atoms with Crippen LogP contribution < -0.4 is 5.32 Å². The number of nitrogens with one attached hydrogen (secondary N) is 1. The molecule has 0 aliphatic heterocycles. The van der Waals surface area contributed by atoms with Crippen LogP contribution in [0.1, 0.15) is 27.0 Å². The topological polar surface area (TPSA) is 79.3 Å². The maximum absolute atomic E-state index is 12.1. The molecule has 0 fully saturated rings. The molecule has 0 saturated heterocycles. The van der Waals surface area contributed by atoms with Gasteiger partial charge in [-0.25, -0.2) is 4.79 Å². The minimum atomic E-state index is -1.05. The van der Waals surface area contributed by atoms with E-state index >= 15 is 0 Å². The molecule has 5 heteroatoms. The Morgan fingerprint density at radius 2 is 1.73 bits per heavy atom. The molecule has 22 heavy (non-hydrogen) atoms. The second kappa shape index (κ2) is 6.85. The van der Waals surface area contributed by atoms with Gasteiger partial charge in [-0.05, 0) is 42.7 Å². The van der Waals surface area contributed by atoms with Crippen LogP contribution in [0.15, 0.2) is 42.7 Å². The monoisotopic (exact) mass is 298 g/mol. The number of nitrogens with zero attached hydrogens (tertiary/aromatic N) is 1. The van der Waals surface area contributed by atoms with Crippen molar-refractivity contribution in [1.29, 1.82) is 0 Å². The van der Waals surface area contributed by atoms with Crippen molar-refractivity contribution in [2.75, 3.05) is 0 Å². The van der Waals surface area contributed by atoms with Gasteiger partial charge in [-0.2, -0.15) is 0 Å². The first kappa shape index (κ1) is 15.7. The molecule has 1 atom stereocenters. The summed E-state index contributed by atoms with van der Waals surface area (Å²) in [5, 5.41) is 12.0. The number of hydrogen-bond acceptors (Lipinski definition) is 3. The van der Waals surface area contributed by atoms with E-state index in [0.717, 1.165) is 16.7 Å². The van der Waals surface area contributed by atoms with Crippen LogP contribution in [-0.4, -0.2) is 28.0 Å². The summed E-state index contributed by atoms with van der Waals surface area (Å²) in [5.74, 6) is -1.47. The van der Waals surface area contributed by atoms with Crippen LogP contribution in [0.2, 0.25) is 0 Å². The zero-order valence-corrected chi connectivity index (χ0v) is 12.5. The van der Waals surface area contributed by atoms with E-state index in [0.29, 0.717) is 5.56 Å². The Balaban J connectivity index is 2.18. The molecule has 0 spiro atoms. The third-order valence-electron chi connectivity index (χ3n) is 3.60. The van der Waals surface area contributed by atoms with E-state index in [4.69, 9.17) is 0 Å². The minimum Gasteiger partial charge on any atom is -0.480 e. The highest BCUT2D eigenvalue weighted by Gasteiger charge is 2.22. The van der Waals surface area contributed by atoms with E-state index in [1.165, 1.54) is 12.4 Å². The Hall–Kier alpha value is -2.69. The van der Waals surface area contributed by atoms with Gasteiger partial charge >= 0.3 is 5.97 Å². The SMILES string of the molecule is Cc1cccc(C)c1C[C@H](NC(=O)c1ccncc1)C(=O)O. The van der Waals surface area contributed by atoms with Crippen LogP contribution >= 0.6 is 0 Å². The van der Waals surface area contributed by atoms with Gasteiger partial charge in [0.15, 0.2) is 0 Å². The Labute approximate surface area is 129 Å². The van der Waals surface area contributed by atoms with E-state index in [2.05, 4.69) is 10.3 Å². The highest BCUT2D eigenvalue weighted by molar-refractivity contribution is 5.96. The molecule has 1 aromatic heterocycles. The molecular formula is C17H18N2O3. The summed E-state index contributed by atoms with van der Waals surface area (Å²) in [7, 11) is 0. The zero-order valence-electron chi connectivity index (χ0n) is 12.5. The largest absolute Gasteiger partial charge is 0.480 e. The number of pyridine rings is 1. The average Bonchev–Trinajstić information content (AvgIpc) is 2.50. The number of carboxylic acids is 1. The number of aryl methyl sites for hydroxylation is 2. The molecule has 114 valence electrons. The van der Waals surface area contributed by atoms with E-state index in [9.17, 15) is 14.7 Å². The third-order valence-corrected chi connectivity index (χ3v) is 3.60. The fraction of sp³-hybridized carbons (Fsp3) is 0.235. The lowest BCUT2D eigenvalue weighted by Crippen LogP contribution is -2.42. The van der Waals surface area contributed by atoms with Gasteiger partial charge in [-0.15, -0.1) is 0 Å². The minimum absolute atomic E-state index is 0.255. The molecular weight excluding hydrogens is 280 g/mol. The molecule has 1 aromatic carbocycles. The van der Waals surface area contributed by atoms with Gasteiger partial charge in [0.1, 0.15) is 6.04 Å². The fourth-order valence-corrected chi connectivity index (χ4v) is 2.32. The number of benzene rings is 1. The quantitative estimate of drug-likeness (QED) is 0.886. The Morgan fingerprint density at radius 1 is 1.14 bits per heavy atom. The standard InChI is InChI=1S/C17H18N2O3/c1-11-4-3-5-12(2)14(11)10-15(17(21)22)19-16(20)13-6-8-18-9-7-13/h3-9,15H,10H2,1-2H3,(H,19,20)(H,21,22)/t15-/m0/s1. The van der Waals surface area contributed by atoms with Gasteiger partial charge < -0.3 is 10.4 Å². The lowest BCUT2D eigenvalue weighted by molar-refractivity contribution is -0.139. The number of aliphatic carboxylic acids is 1. The van der Waals surface area contributed by atoms with Crippen molar-refractivity contribution in [2.45, 2.75) is 26.3 Å². The first-order valence-electron chi connectivity index (χ1n) is 6.98. The van der Waals surface area contributed by atoms with Gasteiger partial charge in [0.25, 0.3) is 5.91 Å². The van der Waals surface area contributed by atoms with Gasteiger partial charge in [-0.1, -0.05) is 18.2 Å². The average molecular weight is 298 g/mol. The maximum atomic E-state index is 12.1. The summed E-state index contributed by atoms with van der Waals surface area (Å²) in [6.07, 6.45) is 3.25. The van der Waals surface area contributed by atoms with Crippen molar-refractivity contribution in [3.8, 4) is 0 Å². The van der Waals surface area contributed by atoms with Crippen molar-refractivity contribution >= 4 is 11.9 Å². The summed E-state index contributed by atoms with van der Waals surface area (Å²) in [5.41, 5.74) is 3.38. The summed E-state index contributed by atoms with van der Waals surface area (Å²) in [6.45, 7) is 3.87. The zero-order chi connectivity index (χ0) is 16.1. The molecule has 0 unspecified atom stereocenters. The second-order valence-electron chi connectivity index (χ2n) is 5.17. The van der Waals surface area contributed by atoms with Crippen molar-refractivity contribution in [1.82, 2.24) is 10.3 Å². The van der Waals surface area contributed by atoms with E-state index in [-0.39, 0.29) is 6.42 Å². The van der Waals surface area contributed by atoms with E-state index < -0.39 is 17.9 Å². The fourth-order valence-electron chi connectivity index (χ4n) is 2.32. The van der Waals surface area contributed by atoms with Crippen LogP contribution in [0.4, 0.5) is 0 Å². The van der Waals surface area contributed by atoms with Crippen LogP contribution in [-0.2, 0) is 11.2 Å². The molecule has 0 bridgehead atoms. The number of amides is 1. The highest BCUT2D eigenvalue weighted by atomic mass is 16.4. The third kappa shape index (κ3) is 3.69. The molecule has 5 nitrogen and oxygen atoms in total. The van der Waals surface area contributed by atoms with Crippen molar-refractivity contribution in [2.24, 2.45) is 0 Å². The highest BCUT2D eigenvalue weighted by Crippen LogP contribution is 2.16. The first-order valence-corrected chi connectivity index (χ1v) is 6.98. The van der Waals surface area contributed by atoms with Crippen LogP contribution in [0.3, 0.4) is 0 Å². The normalized spacial score (nSPS) is 11.7. The molecule has 0 aliphatic carbocycles. The number of carbonyl (C=O) groups is 2. The van der Waals surface area contributed by atoms with Crippen LogP contribution in [0.5, 0.6) is 0 Å². The van der Waals surface area contributed by atoms with Crippen molar-refractivity contribution < 1.29 is 14.7 Å². The predicted molar refractivity (Wildman–Crippen MR) is 82.7 cm³/mol. The smallest absolute Gasteiger partial charge is 0.326 e. The second-order valence-corrected chi connectivity index (χ2v) is 5.17.